The van der Waals surface area contributed by atoms with Crippen LogP contribution in [0.1, 0.15) is 10.5 Å². The molecule has 2 rings (SSSR count). The summed E-state index contributed by atoms with van der Waals surface area (Å²) >= 11 is 0. The van der Waals surface area contributed by atoms with Crippen LogP contribution >= 0.6 is 0 Å². The fourth-order valence-corrected chi connectivity index (χ4v) is 1.25. The lowest BCUT2D eigenvalue weighted by Crippen LogP contribution is -1.99. The number of nitrogens with zero attached hydrogens (tertiary/aromatic N) is 1. The maximum Gasteiger partial charge on any atom is 0.354 e. The van der Waals surface area contributed by atoms with Crippen molar-refractivity contribution in [3.8, 4) is 5.75 Å². The van der Waals surface area contributed by atoms with Gasteiger partial charge in [0, 0.05) is 5.39 Å². The zero-order chi connectivity index (χ0) is 10.1. The molecule has 15 heavy (non-hydrogen) atoms. The number of hydrogen-bond acceptors (Lipinski definition) is 3. The Labute approximate surface area is 96.3 Å². The lowest BCUT2D eigenvalue weighted by atomic mass is 10.2. The Morgan fingerprint density at radius 2 is 1.93 bits per heavy atom. The smallest absolute Gasteiger partial charge is 0.354 e. The van der Waals surface area contributed by atoms with Crippen LogP contribution in [0.15, 0.2) is 30.3 Å². The first kappa shape index (κ1) is 11.5. The topological polar surface area (TPSA) is 70.4 Å². The van der Waals surface area contributed by atoms with Gasteiger partial charge in [0.25, 0.3) is 0 Å². The molecule has 0 bridgehead atoms. The Bertz CT molecular complexity index is 513. The minimum Gasteiger partial charge on any atom is -0.506 e. The summed E-state index contributed by atoms with van der Waals surface area (Å²) in [7, 11) is 0. The molecule has 1 aromatic heterocycles. The normalized spacial score (nSPS) is 9.60. The molecule has 1 heterocycles. The zero-order valence-corrected chi connectivity index (χ0v) is 7.14. The summed E-state index contributed by atoms with van der Waals surface area (Å²) in [6, 6.07) is 7.93. The van der Waals surface area contributed by atoms with Crippen molar-refractivity contribution >= 4 is 34.2 Å². The van der Waals surface area contributed by atoms with Crippen molar-refractivity contribution < 1.29 is 15.0 Å². The van der Waals surface area contributed by atoms with Gasteiger partial charge in [0.05, 0.1) is 0 Å². The van der Waals surface area contributed by atoms with Gasteiger partial charge in [-0.3, -0.25) is 0 Å². The average molecular weight is 219 g/mol. The molecule has 0 aliphatic rings. The van der Waals surface area contributed by atoms with Gasteiger partial charge in [-0.15, -0.1) is 0 Å². The van der Waals surface area contributed by atoms with Gasteiger partial charge < -0.3 is 10.2 Å². The number of phenols is 1. The van der Waals surface area contributed by atoms with Gasteiger partial charge in [0.2, 0.25) is 0 Å². The number of para-hydroxylation sites is 1. The third-order valence-corrected chi connectivity index (χ3v) is 1.92. The van der Waals surface area contributed by atoms with Crippen molar-refractivity contribution in [2.24, 2.45) is 0 Å². The van der Waals surface area contributed by atoms with E-state index < -0.39 is 5.97 Å². The summed E-state index contributed by atoms with van der Waals surface area (Å²) < 4.78 is 0. The second kappa shape index (κ2) is 4.30. The summed E-state index contributed by atoms with van der Waals surface area (Å²) in [5, 5.41) is 18.8. The van der Waals surface area contributed by atoms with Crippen molar-refractivity contribution in [2.45, 2.75) is 0 Å². The molecule has 5 heteroatoms. The molecule has 0 amide bonds. The zero-order valence-electron chi connectivity index (χ0n) is 7.14. The van der Waals surface area contributed by atoms with Gasteiger partial charge in [-0.25, -0.2) is 9.78 Å². The lowest BCUT2D eigenvalue weighted by molar-refractivity contribution is 0.0691. The molecule has 0 unspecified atom stereocenters. The standard InChI is InChI=1S/C10H7NO3.Al.3H/c12-8-3-1-2-6-4-5-7(10(13)14)11-9(6)8;;;;/h1-5,12H,(H,13,14);;;;. The Hall–Kier alpha value is -1.57. The number of aromatic carboxylic acids is 1. The number of carboxylic acids is 1. The Morgan fingerprint density at radius 3 is 2.60 bits per heavy atom. The van der Waals surface area contributed by atoms with Crippen LogP contribution in [0, 0.1) is 0 Å². The first-order chi connectivity index (χ1) is 6.68. The van der Waals surface area contributed by atoms with Crippen LogP contribution in [0.2, 0.25) is 0 Å². The fourth-order valence-electron chi connectivity index (χ4n) is 1.25. The van der Waals surface area contributed by atoms with Crippen molar-refractivity contribution in [2.75, 3.05) is 0 Å². The Balaban J connectivity index is 0.00000112. The summed E-state index contributed by atoms with van der Waals surface area (Å²) in [4.78, 5) is 14.4. The number of carboxylic acid groups (broad SMARTS) is 1. The molecule has 0 aliphatic carbocycles. The van der Waals surface area contributed by atoms with Gasteiger partial charge >= 0.3 is 5.97 Å². The van der Waals surface area contributed by atoms with Crippen LogP contribution in [0.4, 0.5) is 0 Å². The highest BCUT2D eigenvalue weighted by Gasteiger charge is 2.07. The molecule has 1 aromatic carbocycles. The molecule has 0 fully saturated rings. The number of pyridine rings is 1. The van der Waals surface area contributed by atoms with Gasteiger partial charge in [0.15, 0.2) is 17.4 Å². The molecular weight excluding hydrogens is 209 g/mol. The van der Waals surface area contributed by atoms with Crippen LogP contribution in [0.3, 0.4) is 0 Å². The highest BCUT2D eigenvalue weighted by Crippen LogP contribution is 2.22. The van der Waals surface area contributed by atoms with Crippen LogP contribution in [-0.4, -0.2) is 38.5 Å². The van der Waals surface area contributed by atoms with E-state index in [1.54, 1.807) is 18.2 Å². The van der Waals surface area contributed by atoms with Gasteiger partial charge in [-0.2, -0.15) is 0 Å². The van der Waals surface area contributed by atoms with Gasteiger partial charge in [-0.1, -0.05) is 18.2 Å². The first-order valence-corrected chi connectivity index (χ1v) is 4.00. The summed E-state index contributed by atoms with van der Waals surface area (Å²) in [5.74, 6) is -1.11. The fraction of sp³-hybridized carbons (Fsp3) is 0. The van der Waals surface area contributed by atoms with Crippen LogP contribution in [-0.2, 0) is 0 Å². The molecule has 0 radical (unpaired) electrons. The van der Waals surface area contributed by atoms with Crippen molar-refractivity contribution in [1.29, 1.82) is 0 Å². The quantitative estimate of drug-likeness (QED) is 0.683. The SMILES string of the molecule is O=C(O)c1ccc2cccc(O)c2n1.[AlH3]. The van der Waals surface area contributed by atoms with E-state index in [0.717, 1.165) is 5.39 Å². The number of aromatic hydroxyl groups is 1. The van der Waals surface area contributed by atoms with E-state index in [0.29, 0.717) is 5.52 Å². The number of benzene rings is 1. The molecule has 76 valence electrons. The van der Waals surface area contributed by atoms with Crippen molar-refractivity contribution in [3.63, 3.8) is 0 Å². The first-order valence-electron chi connectivity index (χ1n) is 4.00. The molecule has 2 N–H and O–H groups in total. The van der Waals surface area contributed by atoms with E-state index in [1.165, 1.54) is 12.1 Å². The molecular formula is C10H10AlNO3. The Kier molecular flexibility index (Phi) is 3.30. The van der Waals surface area contributed by atoms with Crippen LogP contribution in [0.5, 0.6) is 5.75 Å². The van der Waals surface area contributed by atoms with E-state index >= 15 is 0 Å². The van der Waals surface area contributed by atoms with E-state index in [9.17, 15) is 9.90 Å². The molecule has 4 nitrogen and oxygen atoms in total. The van der Waals surface area contributed by atoms with E-state index in [2.05, 4.69) is 4.98 Å². The number of rotatable bonds is 1. The number of hydrogen-bond donors (Lipinski definition) is 2. The number of fused-ring (bicyclic) bond motifs is 1. The van der Waals surface area contributed by atoms with E-state index in [-0.39, 0.29) is 28.8 Å². The minimum atomic E-state index is -1.10. The number of aromatic nitrogens is 1. The molecule has 0 atom stereocenters. The van der Waals surface area contributed by atoms with Crippen molar-refractivity contribution in [3.05, 3.63) is 36.0 Å². The molecule has 0 saturated carbocycles. The highest BCUT2D eigenvalue weighted by molar-refractivity contribution is 5.91. The van der Waals surface area contributed by atoms with Gasteiger partial charge in [-0.05, 0) is 12.1 Å². The third kappa shape index (κ3) is 2.09. The van der Waals surface area contributed by atoms with Crippen molar-refractivity contribution in [1.82, 2.24) is 4.98 Å². The van der Waals surface area contributed by atoms with Crippen LogP contribution in [0.25, 0.3) is 10.9 Å². The predicted octanol–water partition coefficient (Wildman–Crippen LogP) is 0.455. The summed E-state index contributed by atoms with van der Waals surface area (Å²) in [5.41, 5.74) is 0.242. The van der Waals surface area contributed by atoms with E-state index in [1.807, 2.05) is 0 Å². The Morgan fingerprint density at radius 1 is 1.20 bits per heavy atom. The highest BCUT2D eigenvalue weighted by atomic mass is 27.0. The second-order valence-corrected chi connectivity index (χ2v) is 2.85. The third-order valence-electron chi connectivity index (χ3n) is 1.92. The lowest BCUT2D eigenvalue weighted by Gasteiger charge is -2.00. The molecule has 2 aromatic rings. The molecule has 0 spiro atoms. The number of carbonyl (C=O) groups is 1. The number of phenolic OH excluding ortho intramolecular Hbond substituents is 1. The predicted molar refractivity (Wildman–Crippen MR) is 60.3 cm³/mol. The van der Waals surface area contributed by atoms with E-state index in [4.69, 9.17) is 5.11 Å². The second-order valence-electron chi connectivity index (χ2n) is 2.85. The minimum absolute atomic E-state index is 0. The summed E-state index contributed by atoms with van der Waals surface area (Å²) in [6.07, 6.45) is 0. The van der Waals surface area contributed by atoms with Crippen LogP contribution < -0.4 is 0 Å². The molecule has 0 saturated heterocycles. The van der Waals surface area contributed by atoms with Gasteiger partial charge in [0.1, 0.15) is 17.0 Å². The largest absolute Gasteiger partial charge is 0.506 e. The maximum atomic E-state index is 10.6. The average Bonchev–Trinajstić information content (AvgIpc) is 2.18. The maximum absolute atomic E-state index is 10.6. The monoisotopic (exact) mass is 219 g/mol. The molecule has 0 aliphatic heterocycles. The summed E-state index contributed by atoms with van der Waals surface area (Å²) in [6.45, 7) is 0.